The van der Waals surface area contributed by atoms with E-state index in [0.717, 1.165) is 24.3 Å². The zero-order chi connectivity index (χ0) is 44.0. The molecule has 0 radical (unpaired) electrons. The number of rotatable bonds is 17. The number of benzene rings is 5. The van der Waals surface area contributed by atoms with Gasteiger partial charge in [0.2, 0.25) is 0 Å². The van der Waals surface area contributed by atoms with E-state index in [-0.39, 0.29) is 28.4 Å². The zero-order valence-electron chi connectivity index (χ0n) is 31.4. The maximum absolute atomic E-state index is 14.9. The Hall–Kier alpha value is -4.68. The van der Waals surface area contributed by atoms with Gasteiger partial charge in [-0.3, -0.25) is 0 Å². The normalized spacial score (nSPS) is 18.1. The number of aliphatic hydroxyl groups is 5. The van der Waals surface area contributed by atoms with Crippen molar-refractivity contribution in [2.24, 2.45) is 4.52 Å². The van der Waals surface area contributed by atoms with E-state index >= 15 is 0 Å². The van der Waals surface area contributed by atoms with Crippen LogP contribution in [0, 0.1) is 0 Å². The van der Waals surface area contributed by atoms with E-state index in [1.165, 1.54) is 97.1 Å². The van der Waals surface area contributed by atoms with Crippen LogP contribution in [-0.2, 0) is 37.6 Å². The fraction of sp³-hybridized carbons (Fsp3) is 0.211. The Kier molecular flexibility index (Phi) is 13.5. The fourth-order valence-corrected chi connectivity index (χ4v) is 16.1. The first-order valence-corrected chi connectivity index (χ1v) is 22.6. The van der Waals surface area contributed by atoms with Crippen molar-refractivity contribution in [3.63, 3.8) is 0 Å². The number of halogens is 6. The van der Waals surface area contributed by atoms with Gasteiger partial charge in [0.05, 0.1) is 0 Å². The van der Waals surface area contributed by atoms with E-state index in [1.54, 1.807) is 0 Å². The molecule has 0 saturated heterocycles. The molecule has 0 amide bonds. The molecule has 0 bridgehead atoms. The summed E-state index contributed by atoms with van der Waals surface area (Å²) in [5, 5.41) is 48.8. The summed E-state index contributed by atoms with van der Waals surface area (Å²) in [4.78, 5) is 4.98. The van der Waals surface area contributed by atoms with Gasteiger partial charge in [-0.05, 0) is 0 Å². The minimum atomic E-state index is -6.93. The minimum absolute atomic E-state index is 0.221. The Morgan fingerprint density at radius 2 is 0.721 bits per heavy atom. The van der Waals surface area contributed by atoms with E-state index in [0.29, 0.717) is 16.7 Å². The van der Waals surface area contributed by atoms with Crippen molar-refractivity contribution >= 4 is 23.7 Å². The van der Waals surface area contributed by atoms with Crippen LogP contribution in [0.25, 0.3) is 0 Å². The van der Waals surface area contributed by atoms with Crippen molar-refractivity contribution in [1.82, 2.24) is 9.72 Å². The SMILES string of the molecule is OCc1ccc(OP2(Oc3ccc(CO)cc3)(Oc3ccc(CO)cc3)N=PNP(Oc3ccc(CO)cc3)(Oc3ccc(CO)cc3)(OC(C(F)(F)F)C(F)(F)F)N2)cc1. The molecule has 5 aromatic carbocycles. The summed E-state index contributed by atoms with van der Waals surface area (Å²) in [6.45, 7) is -2.29. The quantitative estimate of drug-likeness (QED) is 0.0346. The van der Waals surface area contributed by atoms with Crippen LogP contribution in [0.2, 0.25) is 0 Å². The van der Waals surface area contributed by atoms with Gasteiger partial charge < -0.3 is 0 Å². The number of nitrogens with zero attached hydrogens (tertiary/aromatic N) is 1. The first kappa shape index (κ1) is 45.8. The fourth-order valence-electron chi connectivity index (χ4n) is 5.58. The third-order valence-corrected chi connectivity index (χ3v) is 17.8. The third kappa shape index (κ3) is 10.7. The number of aliphatic hydroxyl groups excluding tert-OH is 5. The molecule has 328 valence electrons. The van der Waals surface area contributed by atoms with Crippen molar-refractivity contribution in [3.8, 4) is 28.7 Å². The van der Waals surface area contributed by atoms with Gasteiger partial charge in [0, 0.05) is 0 Å². The van der Waals surface area contributed by atoms with Crippen molar-refractivity contribution in [2.45, 2.75) is 51.5 Å². The molecule has 0 unspecified atom stereocenters. The molecule has 7 N–H and O–H groups in total. The van der Waals surface area contributed by atoms with Gasteiger partial charge in [0.25, 0.3) is 0 Å². The Balaban J connectivity index is 1.73. The second-order valence-corrected chi connectivity index (χ2v) is 20.2. The summed E-state index contributed by atoms with van der Waals surface area (Å²) in [7, 11) is -13.9. The molecule has 0 atom stereocenters. The number of alkyl halides is 6. The van der Waals surface area contributed by atoms with Crippen LogP contribution in [0.4, 0.5) is 26.3 Å². The summed E-state index contributed by atoms with van der Waals surface area (Å²) in [5.74, 6) is -1.60. The van der Waals surface area contributed by atoms with E-state index < -0.39 is 86.7 Å². The standard InChI is InChI=1S/C38H38F6N3O11P3/c39-37(40,41)36(38(42,43)44)58-61(56-34-17-7-29(24-51)8-18-34,57-35-19-9-30(25-52)10-20-35)46-59-45-60(47-61,53-31-11-1-26(21-48)2-12-31,54-32-13-3-27(22-49)4-14-32)55-33-15-5-28(23-50)6-16-33/h1-20,36,47-52H,21-25H2,(H,45,46). The maximum atomic E-state index is 14.9. The molecule has 5 aromatic rings. The Bertz CT molecular complexity index is 2090. The summed E-state index contributed by atoms with van der Waals surface area (Å²) in [6, 6.07) is 25.7. The molecular formula is C38H38F6N3O11P3. The molecule has 23 heteroatoms. The van der Waals surface area contributed by atoms with Crippen LogP contribution in [0.15, 0.2) is 126 Å². The van der Waals surface area contributed by atoms with E-state index in [4.69, 9.17) is 27.1 Å². The van der Waals surface area contributed by atoms with Gasteiger partial charge >= 0.3 is 346 Å². The van der Waals surface area contributed by atoms with Crippen LogP contribution in [0.3, 0.4) is 0 Å². The topological polar surface area (TPSA) is 193 Å². The van der Waals surface area contributed by atoms with Crippen molar-refractivity contribution in [2.75, 3.05) is 0 Å². The number of hydrogen-bond donors (Lipinski definition) is 7. The van der Waals surface area contributed by atoms with Crippen molar-refractivity contribution in [3.05, 3.63) is 149 Å². The van der Waals surface area contributed by atoms with Crippen molar-refractivity contribution in [1.29, 1.82) is 0 Å². The molecule has 0 fully saturated rings. The molecule has 1 heterocycles. The molecule has 14 nitrogen and oxygen atoms in total. The predicted octanol–water partition coefficient (Wildman–Crippen LogP) is 8.85. The average Bonchev–Trinajstić information content (AvgIpc) is 3.23. The zero-order valence-corrected chi connectivity index (χ0v) is 34.1. The van der Waals surface area contributed by atoms with Gasteiger partial charge in [-0.2, -0.15) is 0 Å². The number of nitrogens with one attached hydrogen (secondary N) is 2. The Morgan fingerprint density at radius 1 is 0.459 bits per heavy atom. The summed E-state index contributed by atoms with van der Waals surface area (Å²) < 4.78 is 132. The Labute approximate surface area is 345 Å². The van der Waals surface area contributed by atoms with Crippen LogP contribution in [0.5, 0.6) is 28.7 Å². The molecule has 1 aliphatic rings. The molecule has 6 rings (SSSR count). The van der Waals surface area contributed by atoms with Crippen LogP contribution >= 0.6 is 23.7 Å². The third-order valence-electron chi connectivity index (χ3n) is 8.52. The summed E-state index contributed by atoms with van der Waals surface area (Å²) in [6.07, 6.45) is -17.1. The average molecular weight is 920 g/mol. The van der Waals surface area contributed by atoms with Gasteiger partial charge in [0.15, 0.2) is 0 Å². The van der Waals surface area contributed by atoms with E-state index in [9.17, 15) is 51.9 Å². The van der Waals surface area contributed by atoms with E-state index in [2.05, 4.69) is 14.2 Å². The van der Waals surface area contributed by atoms with Crippen LogP contribution < -0.4 is 32.3 Å². The molecule has 0 aromatic heterocycles. The second kappa shape index (κ2) is 18.0. The Morgan fingerprint density at radius 3 is 0.967 bits per heavy atom. The van der Waals surface area contributed by atoms with Crippen LogP contribution in [0.1, 0.15) is 27.8 Å². The van der Waals surface area contributed by atoms with Crippen LogP contribution in [-0.4, -0.2) is 44.0 Å². The summed E-state index contributed by atoms with van der Waals surface area (Å²) in [5.41, 5.74) is 1.66. The first-order chi connectivity index (χ1) is 28.9. The number of hydrogen-bond acceptors (Lipinski definition) is 14. The van der Waals surface area contributed by atoms with Gasteiger partial charge in [0.1, 0.15) is 0 Å². The van der Waals surface area contributed by atoms with Gasteiger partial charge in [-0.25, -0.2) is 0 Å². The van der Waals surface area contributed by atoms with Crippen molar-refractivity contribution < 1.29 is 79.0 Å². The second-order valence-electron chi connectivity index (χ2n) is 13.2. The van der Waals surface area contributed by atoms with Gasteiger partial charge in [-0.1, -0.05) is 0 Å². The first-order valence-electron chi connectivity index (χ1n) is 17.8. The molecule has 0 spiro atoms. The molecular weight excluding hydrogens is 881 g/mol. The molecule has 61 heavy (non-hydrogen) atoms. The van der Waals surface area contributed by atoms with E-state index in [1.807, 2.05) is 0 Å². The molecule has 1 aliphatic heterocycles. The summed E-state index contributed by atoms with van der Waals surface area (Å²) >= 11 is 0. The molecule has 0 saturated carbocycles. The molecule has 0 aliphatic carbocycles. The predicted molar refractivity (Wildman–Crippen MR) is 211 cm³/mol. The van der Waals surface area contributed by atoms with Gasteiger partial charge in [-0.15, -0.1) is 0 Å². The monoisotopic (exact) mass is 919 g/mol.